The number of carbonyl (C=O) groups is 1. The zero-order valence-corrected chi connectivity index (χ0v) is 22.0. The summed E-state index contributed by atoms with van der Waals surface area (Å²) in [7, 11) is 4.94. The molecule has 6 bridgehead atoms. The van der Waals surface area contributed by atoms with Crippen LogP contribution in [0.25, 0.3) is 22.3 Å². The Labute approximate surface area is 226 Å². The van der Waals surface area contributed by atoms with Crippen LogP contribution in [0.5, 0.6) is 23.0 Å². The van der Waals surface area contributed by atoms with E-state index in [0.717, 1.165) is 68.9 Å². The summed E-state index contributed by atoms with van der Waals surface area (Å²) in [4.78, 5) is 12.9. The molecule has 7 heteroatoms. The van der Waals surface area contributed by atoms with E-state index in [0.29, 0.717) is 24.3 Å². The van der Waals surface area contributed by atoms with Crippen molar-refractivity contribution in [2.45, 2.75) is 37.4 Å². The van der Waals surface area contributed by atoms with Gasteiger partial charge in [-0.05, 0) is 95.5 Å². The lowest BCUT2D eigenvalue weighted by Crippen LogP contribution is -2.52. The summed E-state index contributed by atoms with van der Waals surface area (Å²) in [6.45, 7) is 0. The Kier molecular flexibility index (Phi) is 5.29. The molecule has 0 fully saturated rings. The number of fused-ring (bicyclic) bond motifs is 2. The monoisotopic (exact) mass is 524 g/mol. The molecule has 4 heterocycles. The number of ether oxygens (including phenoxy) is 5. The maximum absolute atomic E-state index is 12.9. The molecule has 6 aliphatic rings. The topological polar surface area (TPSA) is 83.5 Å². The first-order valence-corrected chi connectivity index (χ1v) is 13.1. The van der Waals surface area contributed by atoms with E-state index in [2.05, 4.69) is 24.3 Å². The Morgan fingerprint density at radius 3 is 2.38 bits per heavy atom. The fourth-order valence-corrected chi connectivity index (χ4v) is 6.23. The van der Waals surface area contributed by atoms with Gasteiger partial charge in [-0.15, -0.1) is 0 Å². The van der Waals surface area contributed by atoms with E-state index in [4.69, 9.17) is 23.7 Å². The molecule has 0 saturated carbocycles. The predicted molar refractivity (Wildman–Crippen MR) is 144 cm³/mol. The van der Waals surface area contributed by atoms with Crippen molar-refractivity contribution >= 4 is 5.97 Å². The first kappa shape index (κ1) is 23.9. The highest BCUT2D eigenvalue weighted by atomic mass is 16.6. The van der Waals surface area contributed by atoms with Gasteiger partial charge in [0.25, 0.3) is 0 Å². The van der Waals surface area contributed by atoms with Gasteiger partial charge in [-0.3, -0.25) is 0 Å². The summed E-state index contributed by atoms with van der Waals surface area (Å²) >= 11 is 0. The van der Waals surface area contributed by atoms with Gasteiger partial charge in [0.1, 0.15) is 17.6 Å². The van der Waals surface area contributed by atoms with Crippen molar-refractivity contribution in [3.8, 4) is 45.3 Å². The quantitative estimate of drug-likeness (QED) is 0.383. The van der Waals surface area contributed by atoms with Crippen molar-refractivity contribution in [3.05, 3.63) is 82.6 Å². The summed E-state index contributed by atoms with van der Waals surface area (Å²) in [6, 6.07) is 14.2. The van der Waals surface area contributed by atoms with E-state index in [1.165, 1.54) is 0 Å². The lowest BCUT2D eigenvalue weighted by atomic mass is 9.80. The summed E-state index contributed by atoms with van der Waals surface area (Å²) in [5.41, 5.74) is 5.99. The average molecular weight is 525 g/mol. The van der Waals surface area contributed by atoms with E-state index < -0.39 is 17.7 Å². The third-order valence-corrected chi connectivity index (χ3v) is 8.27. The molecule has 0 saturated heterocycles. The number of hydrogen-bond donors (Lipinski definition) is 1. The number of esters is 1. The highest BCUT2D eigenvalue weighted by molar-refractivity contribution is 5.91. The van der Waals surface area contributed by atoms with Crippen LogP contribution in [0, 0.1) is 0 Å². The van der Waals surface area contributed by atoms with Gasteiger partial charge in [-0.25, -0.2) is 4.79 Å². The molecular weight excluding hydrogens is 496 g/mol. The standard InChI is InChI=1S/C32H28O7/c1-35-21-9-10-22-18(12-21)6-7-20-16-32(34)28(15-26(20)38-31(32)33)39-30-25(36-2)11-8-17-4-5-19-13-27(37-3)24(22)14-23(19)29(17)30/h8-16,26,34H,4-7H2,1-3H3. The van der Waals surface area contributed by atoms with Gasteiger partial charge in [0.15, 0.2) is 17.3 Å². The number of benzene rings is 3. The van der Waals surface area contributed by atoms with Crippen molar-refractivity contribution in [2.24, 2.45) is 0 Å². The molecule has 0 amide bonds. The van der Waals surface area contributed by atoms with Crippen LogP contribution < -0.4 is 18.9 Å². The van der Waals surface area contributed by atoms with Gasteiger partial charge >= 0.3 is 5.97 Å². The van der Waals surface area contributed by atoms with Gasteiger partial charge < -0.3 is 28.8 Å². The Hall–Kier alpha value is -4.23. The molecule has 0 aromatic heterocycles. The third-order valence-electron chi connectivity index (χ3n) is 8.27. The Morgan fingerprint density at radius 2 is 1.59 bits per heavy atom. The molecular formula is C32H28O7. The number of aliphatic hydroxyl groups is 1. The summed E-state index contributed by atoms with van der Waals surface area (Å²) < 4.78 is 29.3. The number of carbonyl (C=O) groups excluding carboxylic acids is 1. The van der Waals surface area contributed by atoms with E-state index in [1.807, 2.05) is 18.2 Å². The van der Waals surface area contributed by atoms with Gasteiger partial charge in [0.05, 0.1) is 21.3 Å². The minimum atomic E-state index is -2.01. The highest BCUT2D eigenvalue weighted by Crippen LogP contribution is 2.51. The number of rotatable bonds is 3. The van der Waals surface area contributed by atoms with Crippen LogP contribution in [0.2, 0.25) is 0 Å². The predicted octanol–water partition coefficient (Wildman–Crippen LogP) is 4.95. The van der Waals surface area contributed by atoms with Crippen LogP contribution in [-0.2, 0) is 28.8 Å². The van der Waals surface area contributed by atoms with Crippen molar-refractivity contribution in [1.29, 1.82) is 0 Å². The maximum atomic E-state index is 12.9. The van der Waals surface area contributed by atoms with Crippen molar-refractivity contribution in [2.75, 3.05) is 21.3 Å². The number of hydrogen-bond acceptors (Lipinski definition) is 7. The van der Waals surface area contributed by atoms with Crippen molar-refractivity contribution in [1.82, 2.24) is 0 Å². The van der Waals surface area contributed by atoms with Crippen molar-refractivity contribution in [3.63, 3.8) is 0 Å². The zero-order valence-electron chi connectivity index (χ0n) is 22.0. The van der Waals surface area contributed by atoms with Crippen molar-refractivity contribution < 1.29 is 33.6 Å². The normalized spacial score (nSPS) is 22.1. The first-order valence-electron chi connectivity index (χ1n) is 13.1. The minimum Gasteiger partial charge on any atom is -0.497 e. The van der Waals surface area contributed by atoms with E-state index >= 15 is 0 Å². The third kappa shape index (κ3) is 3.49. The van der Waals surface area contributed by atoms with Crippen LogP contribution in [0.4, 0.5) is 0 Å². The SMILES string of the molecule is COc1ccc2c(c1)CCC1=CC3(O)C(=O)OC1C=C3Oc1c(OC)ccc3c1-c1cc-2c(OC)cc1CC3. The second kappa shape index (κ2) is 8.64. The molecule has 2 aliphatic carbocycles. The Morgan fingerprint density at radius 1 is 0.821 bits per heavy atom. The van der Waals surface area contributed by atoms with Crippen LogP contribution in [0.1, 0.15) is 23.1 Å². The Bertz CT molecular complexity index is 1620. The smallest absolute Gasteiger partial charge is 0.351 e. The number of methoxy groups -OCH3 is 3. The number of aryl methyl sites for hydroxylation is 3. The molecule has 2 atom stereocenters. The first-order chi connectivity index (χ1) is 18.9. The Balaban J connectivity index is 1.55. The molecule has 198 valence electrons. The second-order valence-corrected chi connectivity index (χ2v) is 10.3. The van der Waals surface area contributed by atoms with Crippen LogP contribution in [0.15, 0.2) is 65.9 Å². The molecule has 3 aromatic carbocycles. The van der Waals surface area contributed by atoms with Gasteiger partial charge in [-0.2, -0.15) is 0 Å². The van der Waals surface area contributed by atoms with Gasteiger partial charge in [0, 0.05) is 17.2 Å². The molecule has 39 heavy (non-hydrogen) atoms. The van der Waals surface area contributed by atoms with E-state index in [1.54, 1.807) is 33.5 Å². The van der Waals surface area contributed by atoms with Crippen LogP contribution in [-0.4, -0.2) is 44.1 Å². The van der Waals surface area contributed by atoms with Crippen LogP contribution in [0.3, 0.4) is 0 Å². The van der Waals surface area contributed by atoms with E-state index in [9.17, 15) is 9.90 Å². The molecule has 9 rings (SSSR count). The minimum absolute atomic E-state index is 0.138. The zero-order chi connectivity index (χ0) is 26.9. The lowest BCUT2D eigenvalue weighted by molar-refractivity contribution is -0.166. The lowest BCUT2D eigenvalue weighted by Gasteiger charge is -2.39. The molecule has 2 unspecified atom stereocenters. The fraction of sp³-hybridized carbons (Fsp3) is 0.281. The maximum Gasteiger partial charge on any atom is 0.351 e. The van der Waals surface area contributed by atoms with E-state index in [-0.39, 0.29) is 5.76 Å². The van der Waals surface area contributed by atoms with Gasteiger partial charge in [-0.1, -0.05) is 12.1 Å². The molecule has 0 radical (unpaired) electrons. The van der Waals surface area contributed by atoms with Gasteiger partial charge in [0.2, 0.25) is 5.60 Å². The molecule has 3 aromatic rings. The molecule has 4 aliphatic heterocycles. The molecule has 1 N–H and O–H groups in total. The highest BCUT2D eigenvalue weighted by Gasteiger charge is 2.52. The molecule has 7 nitrogen and oxygen atoms in total. The second-order valence-electron chi connectivity index (χ2n) is 10.3. The van der Waals surface area contributed by atoms with Crippen LogP contribution >= 0.6 is 0 Å². The summed E-state index contributed by atoms with van der Waals surface area (Å²) in [6.07, 6.45) is 5.54. The summed E-state index contributed by atoms with van der Waals surface area (Å²) in [5.74, 6) is 1.93. The molecule has 0 spiro atoms. The average Bonchev–Trinajstić information content (AvgIpc) is 2.95. The summed E-state index contributed by atoms with van der Waals surface area (Å²) in [5, 5.41) is 11.6. The largest absolute Gasteiger partial charge is 0.497 e. The fourth-order valence-electron chi connectivity index (χ4n) is 6.23.